The Morgan fingerprint density at radius 3 is 2.54 bits per heavy atom. The number of imidazole rings is 1. The summed E-state index contributed by atoms with van der Waals surface area (Å²) in [6.07, 6.45) is 2.57. The van der Waals surface area contributed by atoms with Crippen molar-refractivity contribution in [2.75, 3.05) is 32.5 Å². The summed E-state index contributed by atoms with van der Waals surface area (Å²) in [5, 5.41) is 5.72. The molecule has 7 heteroatoms. The molecule has 7 nitrogen and oxygen atoms in total. The number of aryl methyl sites for hydroxylation is 1. The van der Waals surface area contributed by atoms with Crippen LogP contribution in [0, 0.1) is 6.92 Å². The number of aromatic nitrogens is 2. The number of benzene rings is 1. The molecule has 2 aromatic heterocycles. The van der Waals surface area contributed by atoms with Gasteiger partial charge >= 0.3 is 0 Å². The number of hydrogen-bond acceptors (Lipinski definition) is 4. The molecule has 1 aromatic carbocycles. The number of carbonyl (C=O) groups excluding carboxylic acids is 2. The first-order valence-electron chi connectivity index (χ1n) is 9.24. The number of rotatable bonds is 7. The topological polar surface area (TPSA) is 78.7 Å². The Balaban J connectivity index is 1.80. The van der Waals surface area contributed by atoms with Gasteiger partial charge in [0.05, 0.1) is 5.52 Å². The molecular formula is C21H25N5O2. The summed E-state index contributed by atoms with van der Waals surface area (Å²) < 4.78 is 1.64. The van der Waals surface area contributed by atoms with Crippen LogP contribution in [0.15, 0.2) is 48.7 Å². The lowest BCUT2D eigenvalue weighted by molar-refractivity contribution is 0.0949. The summed E-state index contributed by atoms with van der Waals surface area (Å²) >= 11 is 0. The molecule has 2 heterocycles. The Kier molecular flexibility index (Phi) is 6.06. The third-order valence-corrected chi connectivity index (χ3v) is 4.34. The van der Waals surface area contributed by atoms with E-state index in [4.69, 9.17) is 0 Å². The van der Waals surface area contributed by atoms with Crippen LogP contribution in [0.3, 0.4) is 0 Å². The van der Waals surface area contributed by atoms with E-state index in [1.165, 1.54) is 0 Å². The standard InChI is InChI=1S/C21H25N5O2/c1-15-8-10-16(11-9-15)23-21(28)19-24-18(17-7-4-5-14-26(17)19)20(27)22-12-6-13-25(2)3/h4-5,7-11,14H,6,12-13H2,1-3H3,(H,22,27)(H,23,28). The lowest BCUT2D eigenvalue weighted by atomic mass is 10.2. The number of nitrogens with zero attached hydrogens (tertiary/aromatic N) is 3. The molecule has 3 rings (SSSR count). The summed E-state index contributed by atoms with van der Waals surface area (Å²) in [5.74, 6) is -0.469. The highest BCUT2D eigenvalue weighted by atomic mass is 16.2. The molecule has 0 saturated heterocycles. The fourth-order valence-corrected chi connectivity index (χ4v) is 2.87. The van der Waals surface area contributed by atoms with Crippen molar-refractivity contribution in [3.05, 3.63) is 65.7 Å². The Hall–Kier alpha value is -3.19. The lowest BCUT2D eigenvalue weighted by Crippen LogP contribution is -2.27. The Bertz CT molecular complexity index is 976. The first kappa shape index (κ1) is 19.6. The maximum atomic E-state index is 12.8. The van der Waals surface area contributed by atoms with Gasteiger partial charge in [0, 0.05) is 18.4 Å². The van der Waals surface area contributed by atoms with Crippen molar-refractivity contribution in [2.24, 2.45) is 0 Å². The molecule has 0 spiro atoms. The van der Waals surface area contributed by atoms with E-state index in [9.17, 15) is 9.59 Å². The molecule has 0 fully saturated rings. The van der Waals surface area contributed by atoms with Gasteiger partial charge in [-0.1, -0.05) is 23.8 Å². The Morgan fingerprint density at radius 1 is 1.07 bits per heavy atom. The summed E-state index contributed by atoms with van der Waals surface area (Å²) in [4.78, 5) is 31.8. The average Bonchev–Trinajstić information content (AvgIpc) is 3.07. The van der Waals surface area contributed by atoms with E-state index in [-0.39, 0.29) is 23.3 Å². The van der Waals surface area contributed by atoms with Crippen LogP contribution in [0.2, 0.25) is 0 Å². The van der Waals surface area contributed by atoms with Crippen molar-refractivity contribution in [3.8, 4) is 0 Å². The molecule has 0 bridgehead atoms. The second-order valence-electron chi connectivity index (χ2n) is 6.97. The molecular weight excluding hydrogens is 354 g/mol. The third kappa shape index (κ3) is 4.55. The molecule has 0 aliphatic carbocycles. The van der Waals surface area contributed by atoms with Crippen LogP contribution in [0.5, 0.6) is 0 Å². The maximum Gasteiger partial charge on any atom is 0.292 e. The zero-order valence-electron chi connectivity index (χ0n) is 16.4. The first-order chi connectivity index (χ1) is 13.5. The smallest absolute Gasteiger partial charge is 0.292 e. The third-order valence-electron chi connectivity index (χ3n) is 4.34. The number of nitrogens with one attached hydrogen (secondary N) is 2. The summed E-state index contributed by atoms with van der Waals surface area (Å²) in [5.41, 5.74) is 2.64. The number of hydrogen-bond donors (Lipinski definition) is 2. The van der Waals surface area contributed by atoms with Crippen LogP contribution in [0.1, 0.15) is 33.1 Å². The van der Waals surface area contributed by atoms with Crippen LogP contribution in [-0.4, -0.2) is 53.3 Å². The van der Waals surface area contributed by atoms with Gasteiger partial charge in [-0.15, -0.1) is 0 Å². The zero-order chi connectivity index (χ0) is 20.1. The van der Waals surface area contributed by atoms with E-state index in [1.807, 2.05) is 51.4 Å². The van der Waals surface area contributed by atoms with Crippen molar-refractivity contribution in [2.45, 2.75) is 13.3 Å². The van der Waals surface area contributed by atoms with E-state index in [2.05, 4.69) is 20.5 Å². The van der Waals surface area contributed by atoms with Gasteiger partial charge in [-0.25, -0.2) is 4.98 Å². The predicted molar refractivity (Wildman–Crippen MR) is 110 cm³/mol. The van der Waals surface area contributed by atoms with E-state index >= 15 is 0 Å². The molecule has 0 radical (unpaired) electrons. The van der Waals surface area contributed by atoms with Crippen LogP contribution in [-0.2, 0) is 0 Å². The SMILES string of the molecule is Cc1ccc(NC(=O)c2nc(C(=O)NCCCN(C)C)c3ccccn23)cc1. The van der Waals surface area contributed by atoms with Gasteiger partial charge in [0.15, 0.2) is 5.69 Å². The summed E-state index contributed by atoms with van der Waals surface area (Å²) in [6.45, 7) is 3.42. The summed E-state index contributed by atoms with van der Waals surface area (Å²) in [7, 11) is 3.98. The minimum absolute atomic E-state index is 0.176. The fourth-order valence-electron chi connectivity index (χ4n) is 2.87. The second-order valence-corrected chi connectivity index (χ2v) is 6.97. The highest BCUT2D eigenvalue weighted by molar-refractivity contribution is 6.06. The molecule has 0 unspecified atom stereocenters. The van der Waals surface area contributed by atoms with E-state index in [0.717, 1.165) is 18.5 Å². The van der Waals surface area contributed by atoms with Crippen LogP contribution < -0.4 is 10.6 Å². The van der Waals surface area contributed by atoms with E-state index in [1.54, 1.807) is 22.7 Å². The van der Waals surface area contributed by atoms with E-state index < -0.39 is 0 Å². The normalized spacial score (nSPS) is 11.0. The molecule has 0 saturated carbocycles. The van der Waals surface area contributed by atoms with Gasteiger partial charge in [0.1, 0.15) is 0 Å². The van der Waals surface area contributed by atoms with Gasteiger partial charge < -0.3 is 15.5 Å². The average molecular weight is 379 g/mol. The zero-order valence-corrected chi connectivity index (χ0v) is 16.4. The molecule has 2 N–H and O–H groups in total. The lowest BCUT2D eigenvalue weighted by Gasteiger charge is -2.09. The Labute approximate surface area is 164 Å². The van der Waals surface area contributed by atoms with Gasteiger partial charge in [-0.2, -0.15) is 0 Å². The van der Waals surface area contributed by atoms with E-state index in [0.29, 0.717) is 17.7 Å². The van der Waals surface area contributed by atoms with Crippen molar-refractivity contribution >= 4 is 23.0 Å². The minimum Gasteiger partial charge on any atom is -0.351 e. The highest BCUT2D eigenvalue weighted by Gasteiger charge is 2.21. The number of carbonyl (C=O) groups is 2. The molecule has 146 valence electrons. The quantitative estimate of drug-likeness (QED) is 0.619. The monoisotopic (exact) mass is 379 g/mol. The van der Waals surface area contributed by atoms with Crippen LogP contribution in [0.25, 0.3) is 5.52 Å². The Morgan fingerprint density at radius 2 is 1.82 bits per heavy atom. The molecule has 3 aromatic rings. The van der Waals surface area contributed by atoms with Crippen molar-refractivity contribution in [3.63, 3.8) is 0 Å². The number of amides is 2. The highest BCUT2D eigenvalue weighted by Crippen LogP contribution is 2.16. The maximum absolute atomic E-state index is 12.8. The van der Waals surface area contributed by atoms with Gasteiger partial charge in [-0.3, -0.25) is 14.0 Å². The molecule has 2 amide bonds. The van der Waals surface area contributed by atoms with Gasteiger partial charge in [0.25, 0.3) is 11.8 Å². The van der Waals surface area contributed by atoms with Crippen LogP contribution in [0.4, 0.5) is 5.69 Å². The molecule has 0 aliphatic heterocycles. The molecule has 28 heavy (non-hydrogen) atoms. The van der Waals surface area contributed by atoms with Crippen molar-refractivity contribution < 1.29 is 9.59 Å². The fraction of sp³-hybridized carbons (Fsp3) is 0.286. The van der Waals surface area contributed by atoms with Gasteiger partial charge in [-0.05, 0) is 58.3 Å². The van der Waals surface area contributed by atoms with Gasteiger partial charge in [0.2, 0.25) is 5.82 Å². The largest absolute Gasteiger partial charge is 0.351 e. The predicted octanol–water partition coefficient (Wildman–Crippen LogP) is 2.58. The minimum atomic E-state index is -0.364. The van der Waals surface area contributed by atoms with Crippen molar-refractivity contribution in [1.29, 1.82) is 0 Å². The number of anilines is 1. The number of fused-ring (bicyclic) bond motifs is 1. The molecule has 0 atom stereocenters. The number of pyridine rings is 1. The van der Waals surface area contributed by atoms with Crippen molar-refractivity contribution in [1.82, 2.24) is 19.6 Å². The summed E-state index contributed by atoms with van der Waals surface area (Å²) in [6, 6.07) is 12.9. The first-order valence-corrected chi connectivity index (χ1v) is 9.24. The second kappa shape index (κ2) is 8.67. The van der Waals surface area contributed by atoms with Crippen LogP contribution >= 0.6 is 0 Å². The molecule has 0 aliphatic rings.